The number of thiophene rings is 1. The highest BCUT2D eigenvalue weighted by atomic mass is 35.5. The van der Waals surface area contributed by atoms with Crippen LogP contribution >= 0.6 is 22.9 Å². The summed E-state index contributed by atoms with van der Waals surface area (Å²) in [4.78, 5) is 12.8. The highest BCUT2D eigenvalue weighted by Crippen LogP contribution is 2.27. The minimum absolute atomic E-state index is 0.00897. The van der Waals surface area contributed by atoms with Gasteiger partial charge in [0.15, 0.2) is 0 Å². The number of hydrogen-bond acceptors (Lipinski definition) is 3. The van der Waals surface area contributed by atoms with E-state index in [0.717, 1.165) is 18.6 Å². The Labute approximate surface area is 116 Å². The molecular formula is C13H18ClNO2S. The maximum absolute atomic E-state index is 12.1. The molecule has 1 N–H and O–H groups in total. The molecule has 1 aliphatic carbocycles. The third-order valence-corrected chi connectivity index (χ3v) is 4.76. The van der Waals surface area contributed by atoms with Crippen molar-refractivity contribution in [3.05, 3.63) is 16.3 Å². The number of halogens is 1. The van der Waals surface area contributed by atoms with Crippen molar-refractivity contribution in [1.82, 2.24) is 5.32 Å². The number of alkyl halides is 1. The summed E-state index contributed by atoms with van der Waals surface area (Å²) in [5, 5.41) is 4.95. The summed E-state index contributed by atoms with van der Waals surface area (Å²) in [5.41, 5.74) is 0. The van der Waals surface area contributed by atoms with Crippen LogP contribution in [0, 0.1) is 5.92 Å². The van der Waals surface area contributed by atoms with E-state index in [9.17, 15) is 4.79 Å². The molecule has 0 spiro atoms. The number of hydrogen-bond donors (Lipinski definition) is 1. The highest BCUT2D eigenvalue weighted by Gasteiger charge is 2.26. The molecule has 0 radical (unpaired) electrons. The first kappa shape index (κ1) is 13.7. The normalized spacial score (nSPS) is 23.7. The molecule has 1 aromatic rings. The van der Waals surface area contributed by atoms with Crippen LogP contribution in [-0.4, -0.2) is 24.9 Å². The summed E-state index contributed by atoms with van der Waals surface area (Å²) in [6, 6.07) is 2.00. The van der Waals surface area contributed by atoms with Crippen molar-refractivity contribution in [2.24, 2.45) is 5.92 Å². The van der Waals surface area contributed by atoms with Crippen molar-refractivity contribution in [1.29, 1.82) is 0 Å². The highest BCUT2D eigenvalue weighted by molar-refractivity contribution is 7.12. The lowest BCUT2D eigenvalue weighted by Gasteiger charge is -2.30. The Morgan fingerprint density at radius 1 is 1.56 bits per heavy atom. The lowest BCUT2D eigenvalue weighted by atomic mass is 9.86. The first-order valence-corrected chi connectivity index (χ1v) is 7.65. The quantitative estimate of drug-likeness (QED) is 0.863. The number of rotatable bonds is 4. The van der Waals surface area contributed by atoms with Crippen molar-refractivity contribution in [2.75, 3.05) is 13.0 Å². The van der Waals surface area contributed by atoms with Crippen LogP contribution in [0.3, 0.4) is 0 Å². The molecule has 0 bridgehead atoms. The Morgan fingerprint density at radius 3 is 3.00 bits per heavy atom. The molecule has 0 aromatic carbocycles. The fourth-order valence-electron chi connectivity index (χ4n) is 2.37. The zero-order valence-corrected chi connectivity index (χ0v) is 12.0. The average molecular weight is 288 g/mol. The van der Waals surface area contributed by atoms with E-state index in [1.807, 2.05) is 5.38 Å². The van der Waals surface area contributed by atoms with Crippen LogP contribution in [0.2, 0.25) is 0 Å². The molecule has 18 heavy (non-hydrogen) atoms. The van der Waals surface area contributed by atoms with Crippen molar-refractivity contribution >= 4 is 28.8 Å². The molecular weight excluding hydrogens is 270 g/mol. The molecule has 100 valence electrons. The summed E-state index contributed by atoms with van der Waals surface area (Å²) in [7, 11) is 1.61. The zero-order chi connectivity index (χ0) is 13.0. The van der Waals surface area contributed by atoms with Gasteiger partial charge in [0.25, 0.3) is 5.91 Å². The summed E-state index contributed by atoms with van der Waals surface area (Å²) in [6.07, 6.45) is 4.54. The molecule has 1 amide bonds. The van der Waals surface area contributed by atoms with Crippen LogP contribution < -0.4 is 10.1 Å². The minimum Gasteiger partial charge on any atom is -0.496 e. The Morgan fingerprint density at radius 2 is 2.33 bits per heavy atom. The van der Waals surface area contributed by atoms with Crippen LogP contribution in [0.1, 0.15) is 35.4 Å². The molecule has 0 saturated heterocycles. The van der Waals surface area contributed by atoms with E-state index in [0.29, 0.717) is 16.7 Å². The topological polar surface area (TPSA) is 38.3 Å². The first-order chi connectivity index (χ1) is 8.74. The Kier molecular flexibility index (Phi) is 4.89. The number of nitrogens with one attached hydrogen (secondary N) is 1. The van der Waals surface area contributed by atoms with Gasteiger partial charge in [-0.05, 0) is 18.8 Å². The van der Waals surface area contributed by atoms with E-state index in [2.05, 4.69) is 5.32 Å². The van der Waals surface area contributed by atoms with E-state index < -0.39 is 0 Å². The fraction of sp³-hybridized carbons (Fsp3) is 0.615. The molecule has 2 atom stereocenters. The van der Waals surface area contributed by atoms with Gasteiger partial charge in [-0.3, -0.25) is 4.79 Å². The maximum atomic E-state index is 12.1. The van der Waals surface area contributed by atoms with Gasteiger partial charge in [0, 0.05) is 23.4 Å². The summed E-state index contributed by atoms with van der Waals surface area (Å²) < 4.78 is 5.09. The number of carbonyl (C=O) groups excluding carboxylic acids is 1. The molecule has 1 fully saturated rings. The molecule has 1 heterocycles. The van der Waals surface area contributed by atoms with Crippen molar-refractivity contribution in [3.8, 4) is 5.75 Å². The zero-order valence-electron chi connectivity index (χ0n) is 10.4. The van der Waals surface area contributed by atoms with Crippen molar-refractivity contribution < 1.29 is 9.53 Å². The second kappa shape index (κ2) is 6.43. The van der Waals surface area contributed by atoms with Gasteiger partial charge in [-0.25, -0.2) is 0 Å². The molecule has 2 unspecified atom stereocenters. The SMILES string of the molecule is COc1csc(C(=O)NC2CCCCC2CCl)c1. The number of amides is 1. The Bertz CT molecular complexity index is 407. The van der Waals surface area contributed by atoms with Crippen LogP contribution in [-0.2, 0) is 0 Å². The second-order valence-corrected chi connectivity index (χ2v) is 5.85. The second-order valence-electron chi connectivity index (χ2n) is 4.63. The van der Waals surface area contributed by atoms with Gasteiger partial charge in [-0.2, -0.15) is 0 Å². The molecule has 1 saturated carbocycles. The predicted molar refractivity (Wildman–Crippen MR) is 74.8 cm³/mol. The standard InChI is InChI=1S/C13H18ClNO2S/c1-17-10-6-12(18-8-10)13(16)15-11-5-3-2-4-9(11)7-14/h6,8-9,11H,2-5,7H2,1H3,(H,15,16). The van der Waals surface area contributed by atoms with E-state index in [1.165, 1.54) is 24.2 Å². The molecule has 0 aliphatic heterocycles. The fourth-order valence-corrected chi connectivity index (χ4v) is 3.49. The molecule has 3 nitrogen and oxygen atoms in total. The third kappa shape index (κ3) is 3.18. The van der Waals surface area contributed by atoms with Crippen LogP contribution in [0.25, 0.3) is 0 Å². The third-order valence-electron chi connectivity index (χ3n) is 3.46. The number of carbonyl (C=O) groups is 1. The average Bonchev–Trinajstić information content (AvgIpc) is 2.88. The van der Waals surface area contributed by atoms with E-state index in [-0.39, 0.29) is 11.9 Å². The van der Waals surface area contributed by atoms with Crippen molar-refractivity contribution in [3.63, 3.8) is 0 Å². The lowest BCUT2D eigenvalue weighted by molar-refractivity contribution is 0.0915. The summed E-state index contributed by atoms with van der Waals surface area (Å²) in [5.74, 6) is 1.76. The maximum Gasteiger partial charge on any atom is 0.261 e. The molecule has 2 rings (SSSR count). The van der Waals surface area contributed by atoms with Crippen LogP contribution in [0.4, 0.5) is 0 Å². The van der Waals surface area contributed by atoms with Crippen molar-refractivity contribution in [2.45, 2.75) is 31.7 Å². The Hall–Kier alpha value is -0.740. The molecule has 1 aliphatic rings. The summed E-state index contributed by atoms with van der Waals surface area (Å²) >= 11 is 7.37. The van der Waals surface area contributed by atoms with Gasteiger partial charge in [0.1, 0.15) is 5.75 Å². The van der Waals surface area contributed by atoms with Gasteiger partial charge in [-0.15, -0.1) is 22.9 Å². The van der Waals surface area contributed by atoms with Gasteiger partial charge in [0.05, 0.1) is 12.0 Å². The van der Waals surface area contributed by atoms with E-state index in [1.54, 1.807) is 13.2 Å². The lowest BCUT2D eigenvalue weighted by Crippen LogP contribution is -2.42. The van der Waals surface area contributed by atoms with Gasteiger partial charge >= 0.3 is 0 Å². The molecule has 5 heteroatoms. The van der Waals surface area contributed by atoms with E-state index in [4.69, 9.17) is 16.3 Å². The monoisotopic (exact) mass is 287 g/mol. The van der Waals surface area contributed by atoms with Gasteiger partial charge in [0.2, 0.25) is 0 Å². The number of ether oxygens (including phenoxy) is 1. The van der Waals surface area contributed by atoms with Crippen LogP contribution in [0.5, 0.6) is 5.75 Å². The minimum atomic E-state index is -0.00897. The van der Waals surface area contributed by atoms with Gasteiger partial charge < -0.3 is 10.1 Å². The Balaban J connectivity index is 1.97. The van der Waals surface area contributed by atoms with Crippen LogP contribution in [0.15, 0.2) is 11.4 Å². The van der Waals surface area contributed by atoms with Gasteiger partial charge in [-0.1, -0.05) is 12.8 Å². The largest absolute Gasteiger partial charge is 0.496 e. The molecule has 1 aromatic heterocycles. The van der Waals surface area contributed by atoms with E-state index >= 15 is 0 Å². The number of methoxy groups -OCH3 is 1. The smallest absolute Gasteiger partial charge is 0.261 e. The summed E-state index contributed by atoms with van der Waals surface area (Å²) in [6.45, 7) is 0. The predicted octanol–water partition coefficient (Wildman–Crippen LogP) is 3.28. The first-order valence-electron chi connectivity index (χ1n) is 6.24.